The zero-order chi connectivity index (χ0) is 34.4. The minimum atomic E-state index is 0.0282. The van der Waals surface area contributed by atoms with Crippen molar-refractivity contribution in [1.82, 2.24) is 4.98 Å². The van der Waals surface area contributed by atoms with Crippen molar-refractivity contribution in [3.05, 3.63) is 198 Å². The summed E-state index contributed by atoms with van der Waals surface area (Å²) in [6, 6.07) is 37.3. The van der Waals surface area contributed by atoms with Gasteiger partial charge in [0, 0.05) is 46.4 Å². The third-order valence-electron chi connectivity index (χ3n) is 11.0. The number of ether oxygens (including phenoxy) is 1. The van der Waals surface area contributed by atoms with Crippen LogP contribution < -0.4 is 9.64 Å². The van der Waals surface area contributed by atoms with Gasteiger partial charge in [-0.2, -0.15) is 0 Å². The maximum atomic E-state index is 6.54. The van der Waals surface area contributed by atoms with Gasteiger partial charge in [0.2, 0.25) is 0 Å². The maximum absolute atomic E-state index is 6.54. The number of hydrogen-bond donors (Lipinski definition) is 0. The average Bonchev–Trinajstić information content (AvgIpc) is 3.61. The van der Waals surface area contributed by atoms with Crippen molar-refractivity contribution >= 4 is 34.1 Å². The van der Waals surface area contributed by atoms with Crippen molar-refractivity contribution in [2.24, 2.45) is 4.99 Å². The average molecular weight is 672 g/mol. The van der Waals surface area contributed by atoms with E-state index in [-0.39, 0.29) is 18.1 Å². The minimum Gasteiger partial charge on any atom is -0.484 e. The highest BCUT2D eigenvalue weighted by molar-refractivity contribution is 5.85. The minimum absolute atomic E-state index is 0.0282. The number of para-hydroxylation sites is 1. The van der Waals surface area contributed by atoms with Crippen LogP contribution in [0.4, 0.5) is 11.4 Å². The van der Waals surface area contributed by atoms with E-state index < -0.39 is 0 Å². The van der Waals surface area contributed by atoms with Gasteiger partial charge in [-0.05, 0) is 113 Å². The Morgan fingerprint density at radius 1 is 0.673 bits per heavy atom. The first-order valence-corrected chi connectivity index (χ1v) is 18.3. The molecule has 0 amide bonds. The number of fused-ring (bicyclic) bond motifs is 5. The zero-order valence-corrected chi connectivity index (χ0v) is 28.8. The molecule has 52 heavy (non-hydrogen) atoms. The highest BCUT2D eigenvalue weighted by atomic mass is 16.5. The summed E-state index contributed by atoms with van der Waals surface area (Å²) >= 11 is 0. The summed E-state index contributed by atoms with van der Waals surface area (Å²) in [7, 11) is 0. The monoisotopic (exact) mass is 671 g/mol. The van der Waals surface area contributed by atoms with Crippen LogP contribution in [0.3, 0.4) is 0 Å². The smallest absolute Gasteiger partial charge is 0.134 e. The van der Waals surface area contributed by atoms with E-state index in [0.717, 1.165) is 47.3 Å². The molecule has 250 valence electrons. The lowest BCUT2D eigenvalue weighted by atomic mass is 9.82. The number of allylic oxidation sites excluding steroid dienone is 8. The molecular formula is C48H37N3O. The molecule has 5 aliphatic rings. The molecular weight excluding hydrogens is 635 g/mol. The predicted octanol–water partition coefficient (Wildman–Crippen LogP) is 11.4. The van der Waals surface area contributed by atoms with E-state index in [1.54, 1.807) is 0 Å². The Labute approximate surface area is 304 Å². The van der Waals surface area contributed by atoms with E-state index in [4.69, 9.17) is 9.73 Å². The van der Waals surface area contributed by atoms with E-state index in [9.17, 15) is 0 Å². The van der Waals surface area contributed by atoms with Crippen molar-refractivity contribution in [1.29, 1.82) is 0 Å². The maximum Gasteiger partial charge on any atom is 0.134 e. The Morgan fingerprint density at radius 3 is 2.33 bits per heavy atom. The van der Waals surface area contributed by atoms with E-state index in [1.165, 1.54) is 50.2 Å². The number of dihydropyridines is 1. The second-order valence-electron chi connectivity index (χ2n) is 14.0. The summed E-state index contributed by atoms with van der Waals surface area (Å²) in [5.74, 6) is 1.27. The van der Waals surface area contributed by atoms with Gasteiger partial charge in [-0.1, -0.05) is 103 Å². The van der Waals surface area contributed by atoms with Crippen molar-refractivity contribution in [3.63, 3.8) is 0 Å². The zero-order valence-electron chi connectivity index (χ0n) is 28.8. The van der Waals surface area contributed by atoms with E-state index in [1.807, 2.05) is 24.6 Å². The first-order valence-electron chi connectivity index (χ1n) is 18.3. The molecule has 4 nitrogen and oxygen atoms in total. The quantitative estimate of drug-likeness (QED) is 0.180. The second kappa shape index (κ2) is 12.8. The lowest BCUT2D eigenvalue weighted by Crippen LogP contribution is -2.25. The lowest BCUT2D eigenvalue weighted by Gasteiger charge is -2.32. The number of pyridine rings is 1. The highest BCUT2D eigenvalue weighted by Crippen LogP contribution is 2.46. The van der Waals surface area contributed by atoms with Crippen molar-refractivity contribution in [3.8, 4) is 16.9 Å². The topological polar surface area (TPSA) is 37.7 Å². The molecule has 0 saturated carbocycles. The number of aliphatic imine (C=N–C) groups is 1. The SMILES string of the molecule is C1=CC2=CC=C(c3ccc(N(C4=CC=C(C5=CC=CC6c7ccccc7OC56)CC4)c4ccc(-c5ccc6cccnc6c5)cc4)cc3)CC2N=C1. The highest BCUT2D eigenvalue weighted by Gasteiger charge is 2.37. The fraction of sp³-hybridized carbons (Fsp3) is 0.125. The molecule has 0 radical (unpaired) electrons. The van der Waals surface area contributed by atoms with Crippen LogP contribution in [0.1, 0.15) is 36.3 Å². The second-order valence-corrected chi connectivity index (χ2v) is 14.0. The third kappa shape index (κ3) is 5.48. The lowest BCUT2D eigenvalue weighted by molar-refractivity contribution is 0.257. The Morgan fingerprint density at radius 2 is 1.48 bits per heavy atom. The summed E-state index contributed by atoms with van der Waals surface area (Å²) in [4.78, 5) is 11.7. The van der Waals surface area contributed by atoms with Crippen LogP contribution in [-0.4, -0.2) is 23.3 Å². The summed E-state index contributed by atoms with van der Waals surface area (Å²) < 4.78 is 6.54. The van der Waals surface area contributed by atoms with E-state index in [2.05, 4.69) is 156 Å². The van der Waals surface area contributed by atoms with Crippen LogP contribution in [0.25, 0.3) is 27.6 Å². The van der Waals surface area contributed by atoms with Gasteiger partial charge in [0.05, 0.1) is 11.6 Å². The number of aromatic nitrogens is 1. The van der Waals surface area contributed by atoms with Crippen LogP contribution >= 0.6 is 0 Å². The molecule has 4 heteroatoms. The normalized spacial score (nSPS) is 21.2. The number of benzene rings is 4. The van der Waals surface area contributed by atoms with Crippen LogP contribution in [0.2, 0.25) is 0 Å². The standard InChI is InChI=1S/C48H37N3O/c1-2-11-47-43(8-1)44-10-3-9-42(48(44)52-47)34-20-26-41(27-21-34)51(39-22-16-32(17-23-39)37-14-12-35-6-4-28-49-45(35)30-37)40-24-18-33(19-25-40)38-15-13-36-7-5-29-50-46(36)31-38/h1-20,22-26,28-30,44,46,48H,21,27,31H2. The number of hydrogen-bond acceptors (Lipinski definition) is 4. The Kier molecular flexibility index (Phi) is 7.53. The largest absolute Gasteiger partial charge is 0.484 e. The molecule has 3 atom stereocenters. The van der Waals surface area contributed by atoms with E-state index in [0.29, 0.717) is 0 Å². The molecule has 3 aliphatic carbocycles. The van der Waals surface area contributed by atoms with Gasteiger partial charge >= 0.3 is 0 Å². The van der Waals surface area contributed by atoms with Crippen LogP contribution in [-0.2, 0) is 0 Å². The molecule has 4 aromatic carbocycles. The predicted molar refractivity (Wildman–Crippen MR) is 214 cm³/mol. The third-order valence-corrected chi connectivity index (χ3v) is 11.0. The molecule has 0 spiro atoms. The van der Waals surface area contributed by atoms with Crippen LogP contribution in [0.15, 0.2) is 191 Å². The van der Waals surface area contributed by atoms with Crippen LogP contribution in [0, 0.1) is 0 Å². The van der Waals surface area contributed by atoms with Gasteiger partial charge in [0.15, 0.2) is 0 Å². The molecule has 3 heterocycles. The molecule has 10 rings (SSSR count). The van der Waals surface area contributed by atoms with Gasteiger partial charge < -0.3 is 9.64 Å². The molecule has 1 aromatic heterocycles. The molecule has 2 aliphatic heterocycles. The Hall–Kier alpha value is -6.26. The summed E-state index contributed by atoms with van der Waals surface area (Å²) in [6.45, 7) is 0. The Bertz CT molecular complexity index is 2470. The fourth-order valence-electron chi connectivity index (χ4n) is 8.30. The van der Waals surface area contributed by atoms with Crippen molar-refractivity contribution < 1.29 is 4.74 Å². The van der Waals surface area contributed by atoms with Gasteiger partial charge in [-0.3, -0.25) is 9.98 Å². The molecule has 0 fully saturated rings. The van der Waals surface area contributed by atoms with Crippen LogP contribution in [0.5, 0.6) is 5.75 Å². The van der Waals surface area contributed by atoms with Gasteiger partial charge in [0.25, 0.3) is 0 Å². The first-order chi connectivity index (χ1) is 25.7. The molecule has 0 bridgehead atoms. The molecule has 3 unspecified atom stereocenters. The van der Waals surface area contributed by atoms with Gasteiger partial charge in [-0.25, -0.2) is 0 Å². The van der Waals surface area contributed by atoms with Gasteiger partial charge in [-0.15, -0.1) is 0 Å². The summed E-state index contributed by atoms with van der Waals surface area (Å²) in [5, 5.41) is 1.15. The first kappa shape index (κ1) is 30.6. The summed E-state index contributed by atoms with van der Waals surface area (Å²) in [5.41, 5.74) is 14.7. The molecule has 0 saturated heterocycles. The van der Waals surface area contributed by atoms with E-state index >= 15 is 0 Å². The fourth-order valence-corrected chi connectivity index (χ4v) is 8.30. The number of rotatable bonds is 6. The Balaban J connectivity index is 0.982. The molecule has 0 N–H and O–H groups in total. The summed E-state index contributed by atoms with van der Waals surface area (Å²) in [6.07, 6.45) is 26.6. The van der Waals surface area contributed by atoms with Crippen molar-refractivity contribution in [2.75, 3.05) is 4.90 Å². The van der Waals surface area contributed by atoms with Gasteiger partial charge in [0.1, 0.15) is 11.9 Å². The molecule has 5 aromatic rings. The van der Waals surface area contributed by atoms with Crippen molar-refractivity contribution in [2.45, 2.75) is 37.3 Å². The number of anilines is 2. The number of nitrogens with zero attached hydrogens (tertiary/aromatic N) is 3.